The van der Waals surface area contributed by atoms with Crippen LogP contribution >= 0.6 is 0 Å². The first-order valence-electron chi connectivity index (χ1n) is 6.75. The summed E-state index contributed by atoms with van der Waals surface area (Å²) >= 11 is 0. The summed E-state index contributed by atoms with van der Waals surface area (Å²) in [6, 6.07) is 11.6. The lowest BCUT2D eigenvalue weighted by atomic mass is 9.84. The Labute approximate surface area is 120 Å². The second-order valence-electron chi connectivity index (χ2n) is 6.11. The molecular formula is C16H22N2O2. The van der Waals surface area contributed by atoms with E-state index in [4.69, 9.17) is 4.52 Å². The first-order valence-corrected chi connectivity index (χ1v) is 6.75. The number of aliphatic hydroxyl groups excluding tert-OH is 1. The molecule has 0 bridgehead atoms. The monoisotopic (exact) mass is 274 g/mol. The molecule has 1 N–H and O–H groups in total. The van der Waals surface area contributed by atoms with Crippen LogP contribution in [0.25, 0.3) is 11.3 Å². The minimum absolute atomic E-state index is 0.309. The number of benzene rings is 1. The highest BCUT2D eigenvalue weighted by molar-refractivity contribution is 5.58. The maximum atomic E-state index is 10.5. The lowest BCUT2D eigenvalue weighted by Crippen LogP contribution is -2.33. The molecule has 1 aromatic heterocycles. The van der Waals surface area contributed by atoms with E-state index in [-0.39, 0.29) is 5.41 Å². The maximum Gasteiger partial charge on any atom is 0.166 e. The fourth-order valence-electron chi connectivity index (χ4n) is 2.45. The molecule has 0 radical (unpaired) electrons. The van der Waals surface area contributed by atoms with Gasteiger partial charge in [0.25, 0.3) is 0 Å². The molecule has 1 aromatic carbocycles. The van der Waals surface area contributed by atoms with Gasteiger partial charge in [-0.3, -0.25) is 0 Å². The molecule has 20 heavy (non-hydrogen) atoms. The first kappa shape index (κ1) is 14.8. The second-order valence-corrected chi connectivity index (χ2v) is 6.11. The Hall–Kier alpha value is -1.65. The van der Waals surface area contributed by atoms with E-state index in [1.807, 2.05) is 64.3 Å². The van der Waals surface area contributed by atoms with Crippen LogP contribution in [-0.4, -0.2) is 35.8 Å². The summed E-state index contributed by atoms with van der Waals surface area (Å²) in [6.07, 6.45) is -0.685. The Morgan fingerprint density at radius 1 is 1.25 bits per heavy atom. The normalized spacial score (nSPS) is 13.7. The van der Waals surface area contributed by atoms with E-state index in [1.165, 1.54) is 0 Å². The van der Waals surface area contributed by atoms with Gasteiger partial charge in [0.05, 0.1) is 0 Å². The average Bonchev–Trinajstić information content (AvgIpc) is 2.86. The Kier molecular flexibility index (Phi) is 4.26. The summed E-state index contributed by atoms with van der Waals surface area (Å²) in [5, 5.41) is 14.5. The van der Waals surface area contributed by atoms with Gasteiger partial charge in [0.2, 0.25) is 0 Å². The van der Waals surface area contributed by atoms with Gasteiger partial charge in [-0.05, 0) is 14.1 Å². The van der Waals surface area contributed by atoms with Crippen molar-refractivity contribution in [1.82, 2.24) is 10.1 Å². The molecule has 0 saturated heterocycles. The van der Waals surface area contributed by atoms with Gasteiger partial charge in [-0.15, -0.1) is 0 Å². The summed E-state index contributed by atoms with van der Waals surface area (Å²) in [7, 11) is 3.98. The summed E-state index contributed by atoms with van der Waals surface area (Å²) in [5.41, 5.74) is 1.43. The highest BCUT2D eigenvalue weighted by Crippen LogP contribution is 2.35. The van der Waals surface area contributed by atoms with Crippen LogP contribution in [0.2, 0.25) is 0 Å². The van der Waals surface area contributed by atoms with Gasteiger partial charge in [-0.25, -0.2) is 0 Å². The minimum Gasteiger partial charge on any atom is -0.384 e. The van der Waals surface area contributed by atoms with Crippen LogP contribution in [0.4, 0.5) is 0 Å². The molecule has 1 unspecified atom stereocenters. The highest BCUT2D eigenvalue weighted by atomic mass is 16.5. The second kappa shape index (κ2) is 5.77. The lowest BCUT2D eigenvalue weighted by molar-refractivity contribution is 0.0111. The van der Waals surface area contributed by atoms with Crippen LogP contribution in [0.15, 0.2) is 40.9 Å². The first-order chi connectivity index (χ1) is 9.40. The zero-order valence-corrected chi connectivity index (χ0v) is 12.5. The van der Waals surface area contributed by atoms with E-state index in [9.17, 15) is 5.11 Å². The van der Waals surface area contributed by atoms with Crippen LogP contribution in [-0.2, 0) is 0 Å². The predicted octanol–water partition coefficient (Wildman–Crippen LogP) is 2.96. The molecule has 0 aliphatic heterocycles. The van der Waals surface area contributed by atoms with Crippen LogP contribution in [0.3, 0.4) is 0 Å². The molecule has 1 heterocycles. The molecule has 2 rings (SSSR count). The maximum absolute atomic E-state index is 10.5. The summed E-state index contributed by atoms with van der Waals surface area (Å²) in [5.74, 6) is 0.510. The predicted molar refractivity (Wildman–Crippen MR) is 79.2 cm³/mol. The topological polar surface area (TPSA) is 49.5 Å². The van der Waals surface area contributed by atoms with Crippen LogP contribution in [0, 0.1) is 5.41 Å². The fraction of sp³-hybridized carbons (Fsp3) is 0.438. The third-order valence-corrected chi connectivity index (χ3v) is 3.33. The quantitative estimate of drug-likeness (QED) is 0.910. The zero-order valence-electron chi connectivity index (χ0n) is 12.5. The smallest absolute Gasteiger partial charge is 0.166 e. The largest absolute Gasteiger partial charge is 0.384 e. The number of hydrogen-bond donors (Lipinski definition) is 1. The number of rotatable bonds is 5. The van der Waals surface area contributed by atoms with Crippen molar-refractivity contribution >= 4 is 0 Å². The fourth-order valence-corrected chi connectivity index (χ4v) is 2.45. The molecule has 4 nitrogen and oxygen atoms in total. The van der Waals surface area contributed by atoms with E-state index in [2.05, 4.69) is 10.1 Å². The van der Waals surface area contributed by atoms with E-state index >= 15 is 0 Å². The Bertz CT molecular complexity index is 547. The van der Waals surface area contributed by atoms with Crippen molar-refractivity contribution in [1.29, 1.82) is 0 Å². The van der Waals surface area contributed by atoms with Gasteiger partial charge in [-0.1, -0.05) is 49.3 Å². The SMILES string of the molecule is CN(C)CC(C)(C)C(O)c1cc(-c2ccccc2)no1. The summed E-state index contributed by atoms with van der Waals surface area (Å²) < 4.78 is 5.33. The van der Waals surface area contributed by atoms with E-state index in [1.54, 1.807) is 0 Å². The average molecular weight is 274 g/mol. The number of aliphatic hydroxyl groups is 1. The molecular weight excluding hydrogens is 252 g/mol. The molecule has 0 saturated carbocycles. The number of aromatic nitrogens is 1. The molecule has 2 aromatic rings. The lowest BCUT2D eigenvalue weighted by Gasteiger charge is -2.31. The Morgan fingerprint density at radius 3 is 2.50 bits per heavy atom. The van der Waals surface area contributed by atoms with Gasteiger partial charge < -0.3 is 14.5 Å². The molecule has 0 amide bonds. The van der Waals surface area contributed by atoms with Crippen molar-refractivity contribution in [3.8, 4) is 11.3 Å². The van der Waals surface area contributed by atoms with Crippen molar-refractivity contribution in [2.75, 3.05) is 20.6 Å². The number of nitrogens with zero attached hydrogens (tertiary/aromatic N) is 2. The summed E-state index contributed by atoms with van der Waals surface area (Å²) in [6.45, 7) is 4.79. The van der Waals surface area contributed by atoms with E-state index in [0.717, 1.165) is 17.8 Å². The number of hydrogen-bond acceptors (Lipinski definition) is 4. The van der Waals surface area contributed by atoms with Crippen molar-refractivity contribution < 1.29 is 9.63 Å². The van der Waals surface area contributed by atoms with Crippen molar-refractivity contribution in [3.05, 3.63) is 42.2 Å². The zero-order chi connectivity index (χ0) is 14.8. The van der Waals surface area contributed by atoms with Crippen molar-refractivity contribution in [2.24, 2.45) is 5.41 Å². The molecule has 0 fully saturated rings. The van der Waals surface area contributed by atoms with E-state index in [0.29, 0.717) is 5.76 Å². The van der Waals surface area contributed by atoms with Crippen LogP contribution in [0.1, 0.15) is 25.7 Å². The third-order valence-electron chi connectivity index (χ3n) is 3.33. The highest BCUT2D eigenvalue weighted by Gasteiger charge is 2.32. The Morgan fingerprint density at radius 2 is 1.90 bits per heavy atom. The van der Waals surface area contributed by atoms with Gasteiger partial charge in [-0.2, -0.15) is 0 Å². The van der Waals surface area contributed by atoms with E-state index < -0.39 is 6.10 Å². The standard InChI is InChI=1S/C16H22N2O2/c1-16(2,11-18(3)4)15(19)14-10-13(17-20-14)12-8-6-5-7-9-12/h5-10,15,19H,11H2,1-4H3. The van der Waals surface area contributed by atoms with Crippen molar-refractivity contribution in [2.45, 2.75) is 20.0 Å². The Balaban J connectivity index is 2.20. The molecule has 4 heteroatoms. The third kappa shape index (κ3) is 3.26. The van der Waals surface area contributed by atoms with Gasteiger partial charge in [0.15, 0.2) is 5.76 Å². The van der Waals surface area contributed by atoms with Crippen molar-refractivity contribution in [3.63, 3.8) is 0 Å². The minimum atomic E-state index is -0.685. The van der Waals surface area contributed by atoms with Crippen LogP contribution in [0.5, 0.6) is 0 Å². The molecule has 108 valence electrons. The van der Waals surface area contributed by atoms with Gasteiger partial charge in [0.1, 0.15) is 11.8 Å². The van der Waals surface area contributed by atoms with Gasteiger partial charge >= 0.3 is 0 Å². The van der Waals surface area contributed by atoms with Gasteiger partial charge in [0, 0.05) is 23.6 Å². The molecule has 0 spiro atoms. The molecule has 0 aliphatic carbocycles. The van der Waals surface area contributed by atoms with Crippen LogP contribution < -0.4 is 0 Å². The molecule has 1 atom stereocenters. The summed E-state index contributed by atoms with van der Waals surface area (Å²) in [4.78, 5) is 2.05. The molecule has 0 aliphatic rings.